The molecule has 0 spiro atoms. The van der Waals surface area contributed by atoms with Crippen molar-refractivity contribution < 1.29 is 19.1 Å². The molecule has 0 saturated heterocycles. The Hall–Kier alpha value is -2.95. The molecule has 0 fully saturated rings. The third-order valence-electron chi connectivity index (χ3n) is 4.20. The highest BCUT2D eigenvalue weighted by molar-refractivity contribution is 6.05. The Morgan fingerprint density at radius 1 is 1.25 bits per heavy atom. The molecule has 1 rings (SSSR count). The van der Waals surface area contributed by atoms with Gasteiger partial charge in [-0.15, -0.1) is 0 Å². The van der Waals surface area contributed by atoms with Gasteiger partial charge in [0.2, 0.25) is 0 Å². The van der Waals surface area contributed by atoms with E-state index >= 15 is 0 Å². The highest BCUT2D eigenvalue weighted by atomic mass is 16.5. The van der Waals surface area contributed by atoms with Crippen LogP contribution < -0.4 is 4.74 Å². The van der Waals surface area contributed by atoms with Crippen LogP contribution in [0.2, 0.25) is 0 Å². The molecule has 1 aromatic rings. The highest BCUT2D eigenvalue weighted by Gasteiger charge is 2.17. The third-order valence-corrected chi connectivity index (χ3v) is 4.20. The van der Waals surface area contributed by atoms with E-state index in [0.29, 0.717) is 43.4 Å². The summed E-state index contributed by atoms with van der Waals surface area (Å²) in [6.07, 6.45) is 9.05. The number of amides is 1. The lowest BCUT2D eigenvalue weighted by atomic mass is 10.0. The number of aldehydes is 2. The summed E-state index contributed by atoms with van der Waals surface area (Å²) in [5.41, 5.74) is 1.83. The van der Waals surface area contributed by atoms with Crippen molar-refractivity contribution in [3.8, 4) is 5.75 Å². The first-order chi connectivity index (χ1) is 13.6. The Labute approximate surface area is 167 Å². The monoisotopic (exact) mass is 383 g/mol. The van der Waals surface area contributed by atoms with Gasteiger partial charge in [0, 0.05) is 31.2 Å². The van der Waals surface area contributed by atoms with Crippen LogP contribution in [0.3, 0.4) is 0 Å². The summed E-state index contributed by atoms with van der Waals surface area (Å²) < 4.78 is 5.64. The fourth-order valence-electron chi connectivity index (χ4n) is 2.67. The quantitative estimate of drug-likeness (QED) is 0.226. The van der Waals surface area contributed by atoms with Gasteiger partial charge in [0.15, 0.2) is 6.29 Å². The third kappa shape index (κ3) is 7.74. The minimum atomic E-state index is -0.202. The number of ether oxygens (including phenoxy) is 1. The normalized spacial score (nSPS) is 11.6. The van der Waals surface area contributed by atoms with Crippen molar-refractivity contribution in [3.05, 3.63) is 65.8 Å². The smallest absolute Gasteiger partial charge is 0.254 e. The number of rotatable bonds is 13. The molecule has 0 aromatic heterocycles. The Morgan fingerprint density at radius 3 is 2.68 bits per heavy atom. The van der Waals surface area contributed by atoms with Gasteiger partial charge in [-0.05, 0) is 50.0 Å². The van der Waals surface area contributed by atoms with Crippen LogP contribution in [0.25, 0.3) is 0 Å². The number of allylic oxidation sites excluding steroid dienone is 3. The number of carbonyl (C=O) groups is 3. The second kappa shape index (κ2) is 13.3. The van der Waals surface area contributed by atoms with Gasteiger partial charge in [0.05, 0.1) is 6.61 Å². The van der Waals surface area contributed by atoms with Crippen molar-refractivity contribution in [2.24, 2.45) is 0 Å². The van der Waals surface area contributed by atoms with E-state index < -0.39 is 0 Å². The van der Waals surface area contributed by atoms with E-state index in [0.717, 1.165) is 30.4 Å². The molecule has 0 atom stereocenters. The van der Waals surface area contributed by atoms with Gasteiger partial charge in [-0.3, -0.25) is 9.59 Å². The van der Waals surface area contributed by atoms with Gasteiger partial charge >= 0.3 is 0 Å². The van der Waals surface area contributed by atoms with E-state index in [1.807, 2.05) is 24.3 Å². The summed E-state index contributed by atoms with van der Waals surface area (Å²) in [7, 11) is 1.73. The van der Waals surface area contributed by atoms with Gasteiger partial charge in [-0.2, -0.15) is 0 Å². The Bertz CT molecular complexity index is 734. The minimum Gasteiger partial charge on any atom is -0.494 e. The maximum absolute atomic E-state index is 12.6. The predicted octanol–water partition coefficient (Wildman–Crippen LogP) is 3.69. The first-order valence-corrected chi connectivity index (χ1v) is 9.42. The predicted molar refractivity (Wildman–Crippen MR) is 111 cm³/mol. The molecular weight excluding hydrogens is 354 g/mol. The first kappa shape index (κ1) is 23.1. The number of nitrogens with zero attached hydrogens (tertiary/aromatic N) is 1. The molecule has 0 heterocycles. The second-order valence-electron chi connectivity index (χ2n) is 6.31. The zero-order chi connectivity index (χ0) is 20.8. The van der Waals surface area contributed by atoms with Crippen LogP contribution in [0.5, 0.6) is 5.75 Å². The molecule has 0 radical (unpaired) electrons. The molecule has 1 aromatic carbocycles. The van der Waals surface area contributed by atoms with Crippen molar-refractivity contribution in [2.75, 3.05) is 20.2 Å². The molecule has 150 valence electrons. The lowest BCUT2D eigenvalue weighted by Gasteiger charge is -2.19. The topological polar surface area (TPSA) is 63.7 Å². The molecule has 28 heavy (non-hydrogen) atoms. The van der Waals surface area contributed by atoms with Crippen LogP contribution in [0.15, 0.2) is 60.2 Å². The number of likely N-dealkylation sites (N-methyl/N-ethyl adjacent to an activating group) is 1. The summed E-state index contributed by atoms with van der Waals surface area (Å²) in [5, 5.41) is 0. The molecule has 0 saturated carbocycles. The highest BCUT2D eigenvalue weighted by Crippen LogP contribution is 2.16. The van der Waals surface area contributed by atoms with E-state index in [9.17, 15) is 14.4 Å². The van der Waals surface area contributed by atoms with E-state index in [4.69, 9.17) is 4.74 Å². The van der Waals surface area contributed by atoms with E-state index in [1.54, 1.807) is 31.0 Å². The average molecular weight is 383 g/mol. The van der Waals surface area contributed by atoms with E-state index in [2.05, 4.69) is 6.58 Å². The van der Waals surface area contributed by atoms with Crippen LogP contribution in [0, 0.1) is 0 Å². The maximum atomic E-state index is 12.6. The molecule has 0 aliphatic carbocycles. The number of carbonyl (C=O) groups excluding carboxylic acids is 3. The van der Waals surface area contributed by atoms with Crippen LogP contribution in [-0.2, 0) is 20.8 Å². The standard InChI is InChI=1S/C23H29NO4/c1-4-10-22(20(5-2)18-26)23(27)24(3)14-9-12-19-11-8-13-21(17-19)28-16-7-6-15-25/h4-5,8,10-11,13,15,17-18H,1,6-7,9,12,14,16H2,2-3H3/b20-5-,22-10+. The van der Waals surface area contributed by atoms with Gasteiger partial charge in [-0.1, -0.05) is 30.9 Å². The Balaban J connectivity index is 2.59. The van der Waals surface area contributed by atoms with Gasteiger partial charge in [0.25, 0.3) is 5.91 Å². The Morgan fingerprint density at radius 2 is 2.04 bits per heavy atom. The first-order valence-electron chi connectivity index (χ1n) is 9.42. The largest absolute Gasteiger partial charge is 0.494 e. The molecule has 0 bridgehead atoms. The number of hydrogen-bond donors (Lipinski definition) is 0. The fourth-order valence-corrected chi connectivity index (χ4v) is 2.67. The summed E-state index contributed by atoms with van der Waals surface area (Å²) in [4.78, 5) is 35.7. The van der Waals surface area contributed by atoms with Crippen LogP contribution >= 0.6 is 0 Å². The lowest BCUT2D eigenvalue weighted by molar-refractivity contribution is -0.126. The summed E-state index contributed by atoms with van der Waals surface area (Å²) >= 11 is 0. The molecular formula is C23H29NO4. The summed E-state index contributed by atoms with van der Waals surface area (Å²) in [5.74, 6) is 0.583. The van der Waals surface area contributed by atoms with E-state index in [-0.39, 0.29) is 5.91 Å². The summed E-state index contributed by atoms with van der Waals surface area (Å²) in [6.45, 7) is 6.42. The number of benzene rings is 1. The zero-order valence-corrected chi connectivity index (χ0v) is 16.7. The number of unbranched alkanes of at least 4 members (excludes halogenated alkanes) is 1. The van der Waals surface area contributed by atoms with E-state index in [1.165, 1.54) is 6.08 Å². The zero-order valence-electron chi connectivity index (χ0n) is 16.7. The number of hydrogen-bond acceptors (Lipinski definition) is 4. The van der Waals surface area contributed by atoms with Crippen molar-refractivity contribution in [1.82, 2.24) is 4.90 Å². The molecule has 5 nitrogen and oxygen atoms in total. The average Bonchev–Trinajstić information content (AvgIpc) is 2.71. The molecule has 1 amide bonds. The lowest BCUT2D eigenvalue weighted by Crippen LogP contribution is -2.30. The Kier molecular flexibility index (Phi) is 10.9. The number of aryl methyl sites for hydroxylation is 1. The molecule has 0 aliphatic rings. The molecule has 0 N–H and O–H groups in total. The van der Waals surface area contributed by atoms with Crippen molar-refractivity contribution in [3.63, 3.8) is 0 Å². The van der Waals surface area contributed by atoms with Gasteiger partial charge in [0.1, 0.15) is 12.0 Å². The van der Waals surface area contributed by atoms with Crippen molar-refractivity contribution in [1.29, 1.82) is 0 Å². The van der Waals surface area contributed by atoms with Crippen LogP contribution in [-0.4, -0.2) is 43.6 Å². The minimum absolute atomic E-state index is 0.202. The van der Waals surface area contributed by atoms with Crippen LogP contribution in [0.4, 0.5) is 0 Å². The van der Waals surface area contributed by atoms with Crippen LogP contribution in [0.1, 0.15) is 31.7 Å². The van der Waals surface area contributed by atoms with Gasteiger partial charge < -0.3 is 14.4 Å². The summed E-state index contributed by atoms with van der Waals surface area (Å²) in [6, 6.07) is 7.83. The molecule has 0 aliphatic heterocycles. The fraction of sp³-hybridized carbons (Fsp3) is 0.348. The molecule has 5 heteroatoms. The van der Waals surface area contributed by atoms with Crippen molar-refractivity contribution >= 4 is 18.5 Å². The SMILES string of the molecule is C=C/C=C(C(=O)N(C)CCCc1cccc(OCCCC=O)c1)\C(C=O)=C/C. The molecule has 0 unspecified atom stereocenters. The second-order valence-corrected chi connectivity index (χ2v) is 6.31. The maximum Gasteiger partial charge on any atom is 0.254 e. The van der Waals surface area contributed by atoms with Gasteiger partial charge in [-0.25, -0.2) is 0 Å². The van der Waals surface area contributed by atoms with Crippen molar-refractivity contribution in [2.45, 2.75) is 32.6 Å².